The summed E-state index contributed by atoms with van der Waals surface area (Å²) >= 11 is 0. The van der Waals surface area contributed by atoms with Crippen LogP contribution in [0.4, 0.5) is 0 Å². The predicted octanol–water partition coefficient (Wildman–Crippen LogP) is 3.35. The molecule has 0 amide bonds. The third-order valence-corrected chi connectivity index (χ3v) is 6.95. The van der Waals surface area contributed by atoms with Crippen LogP contribution in [0.15, 0.2) is 42.1 Å². The van der Waals surface area contributed by atoms with Crippen LogP contribution in [-0.4, -0.2) is 8.07 Å². The van der Waals surface area contributed by atoms with Crippen LogP contribution in [0.2, 0.25) is 13.1 Å². The molecule has 0 spiro atoms. The number of hydrogen-bond donors (Lipinski definition) is 0. The van der Waals surface area contributed by atoms with Crippen molar-refractivity contribution in [2.24, 2.45) is 5.92 Å². The van der Waals surface area contributed by atoms with Crippen molar-refractivity contribution in [1.29, 1.82) is 0 Å². The smallest absolute Gasteiger partial charge is 0.103 e. The average Bonchev–Trinajstić information content (AvgIpc) is 2.18. The van der Waals surface area contributed by atoms with E-state index in [1.165, 1.54) is 10.4 Å². The normalized spacial score (nSPS) is 11.8. The Labute approximate surface area is 88.7 Å². The van der Waals surface area contributed by atoms with Crippen LogP contribution < -0.4 is 5.19 Å². The van der Waals surface area contributed by atoms with Crippen molar-refractivity contribution in [1.82, 2.24) is 0 Å². The number of rotatable bonds is 3. The number of benzene rings is 1. The fourth-order valence-corrected chi connectivity index (χ4v) is 4.60. The predicted molar refractivity (Wildman–Crippen MR) is 67.5 cm³/mol. The largest absolute Gasteiger partial charge is 0.107 e. The van der Waals surface area contributed by atoms with Crippen molar-refractivity contribution in [2.75, 3.05) is 0 Å². The first kappa shape index (κ1) is 11.3. The number of allylic oxidation sites excluding steroid dienone is 1. The minimum absolute atomic E-state index is 0.594. The lowest BCUT2D eigenvalue weighted by atomic mass is 10.2. The Morgan fingerprint density at radius 3 is 2.07 bits per heavy atom. The van der Waals surface area contributed by atoms with Crippen LogP contribution in [0.5, 0.6) is 0 Å². The summed E-state index contributed by atoms with van der Waals surface area (Å²) < 4.78 is 0. The molecule has 1 rings (SSSR count). The average molecular weight is 204 g/mol. The summed E-state index contributed by atoms with van der Waals surface area (Å²) in [5, 5.41) is 2.92. The van der Waals surface area contributed by atoms with Crippen molar-refractivity contribution in [3.63, 3.8) is 0 Å². The van der Waals surface area contributed by atoms with Gasteiger partial charge >= 0.3 is 0 Å². The molecule has 0 nitrogen and oxygen atoms in total. The molecule has 0 N–H and O–H groups in total. The van der Waals surface area contributed by atoms with E-state index in [0.29, 0.717) is 5.92 Å². The van der Waals surface area contributed by atoms with E-state index in [-0.39, 0.29) is 0 Å². The minimum Gasteiger partial charge on any atom is -0.103 e. The summed E-state index contributed by atoms with van der Waals surface area (Å²) in [7, 11) is -1.44. The van der Waals surface area contributed by atoms with Crippen molar-refractivity contribution in [3.05, 3.63) is 42.1 Å². The van der Waals surface area contributed by atoms with Gasteiger partial charge in [0.1, 0.15) is 8.07 Å². The molecule has 0 unspecified atom stereocenters. The molecule has 1 aromatic rings. The van der Waals surface area contributed by atoms with Gasteiger partial charge in [-0.15, -0.1) is 6.58 Å². The van der Waals surface area contributed by atoms with Gasteiger partial charge in [-0.05, 0) is 5.92 Å². The van der Waals surface area contributed by atoms with Gasteiger partial charge in [0.15, 0.2) is 0 Å². The zero-order valence-corrected chi connectivity index (χ0v) is 10.7. The molecule has 0 bridgehead atoms. The van der Waals surface area contributed by atoms with Gasteiger partial charge < -0.3 is 0 Å². The molecule has 0 radical (unpaired) electrons. The quantitative estimate of drug-likeness (QED) is 0.662. The van der Waals surface area contributed by atoms with Gasteiger partial charge in [0.05, 0.1) is 0 Å². The molecule has 0 atom stereocenters. The van der Waals surface area contributed by atoms with E-state index < -0.39 is 8.07 Å². The Bertz CT molecular complexity index is 309. The second-order valence-corrected chi connectivity index (χ2v) is 9.14. The first-order valence-electron chi connectivity index (χ1n) is 5.21. The molecular formula is C13H20Si. The molecule has 0 heterocycles. The molecule has 0 saturated heterocycles. The second-order valence-electron chi connectivity index (χ2n) is 4.67. The summed E-state index contributed by atoms with van der Waals surface area (Å²) in [5.41, 5.74) is 0. The highest BCUT2D eigenvalue weighted by molar-refractivity contribution is 6.95. The molecule has 14 heavy (non-hydrogen) atoms. The Kier molecular flexibility index (Phi) is 3.32. The first-order valence-corrected chi connectivity index (χ1v) is 8.21. The molecular weight excluding hydrogens is 184 g/mol. The monoisotopic (exact) mass is 204 g/mol. The van der Waals surface area contributed by atoms with E-state index in [2.05, 4.69) is 63.9 Å². The van der Waals surface area contributed by atoms with Crippen LogP contribution in [-0.2, 0) is 0 Å². The zero-order valence-electron chi connectivity index (χ0n) is 9.67. The van der Waals surface area contributed by atoms with Gasteiger partial charge in [0.2, 0.25) is 0 Å². The van der Waals surface area contributed by atoms with Crippen LogP contribution in [0.1, 0.15) is 13.8 Å². The summed E-state index contributed by atoms with van der Waals surface area (Å²) in [4.78, 5) is 0. The van der Waals surface area contributed by atoms with E-state index in [1.54, 1.807) is 0 Å². The fourth-order valence-electron chi connectivity index (χ4n) is 1.76. The van der Waals surface area contributed by atoms with Crippen LogP contribution in [0, 0.1) is 5.92 Å². The molecule has 0 fully saturated rings. The molecule has 0 aliphatic carbocycles. The van der Waals surface area contributed by atoms with Gasteiger partial charge in [-0.2, -0.15) is 0 Å². The van der Waals surface area contributed by atoms with Gasteiger partial charge in [0, 0.05) is 0 Å². The Morgan fingerprint density at radius 1 is 1.14 bits per heavy atom. The highest BCUT2D eigenvalue weighted by atomic mass is 28.3. The van der Waals surface area contributed by atoms with E-state index in [4.69, 9.17) is 0 Å². The highest BCUT2D eigenvalue weighted by Crippen LogP contribution is 2.20. The minimum atomic E-state index is -1.44. The first-order chi connectivity index (χ1) is 6.46. The lowest BCUT2D eigenvalue weighted by Gasteiger charge is -2.28. The standard InChI is InChI=1S/C13H20Si/c1-11(2)12(3)14(4,5)13-9-7-6-8-10-13/h6-11H,3H2,1-2,4-5H3. The zero-order chi connectivity index (χ0) is 10.8. The van der Waals surface area contributed by atoms with Crippen LogP contribution in [0.3, 0.4) is 0 Å². The van der Waals surface area contributed by atoms with Gasteiger partial charge in [0.25, 0.3) is 0 Å². The van der Waals surface area contributed by atoms with Crippen LogP contribution in [0.25, 0.3) is 0 Å². The maximum Gasteiger partial charge on any atom is 0.107 e. The Hall–Kier alpha value is -0.823. The highest BCUT2D eigenvalue weighted by Gasteiger charge is 2.27. The van der Waals surface area contributed by atoms with E-state index in [1.807, 2.05) is 0 Å². The molecule has 0 aromatic heterocycles. The fraction of sp³-hybridized carbons (Fsp3) is 0.385. The molecule has 0 aliphatic rings. The summed E-state index contributed by atoms with van der Waals surface area (Å²) in [6, 6.07) is 10.8. The van der Waals surface area contributed by atoms with Gasteiger partial charge in [-0.1, -0.05) is 67.7 Å². The maximum atomic E-state index is 4.26. The third kappa shape index (κ3) is 2.15. The third-order valence-electron chi connectivity index (χ3n) is 3.00. The van der Waals surface area contributed by atoms with Gasteiger partial charge in [-0.3, -0.25) is 0 Å². The van der Waals surface area contributed by atoms with E-state index in [0.717, 1.165) is 0 Å². The summed E-state index contributed by atoms with van der Waals surface area (Å²) in [6.45, 7) is 13.5. The topological polar surface area (TPSA) is 0 Å². The molecule has 0 saturated carbocycles. The molecule has 0 aliphatic heterocycles. The summed E-state index contributed by atoms with van der Waals surface area (Å²) in [5.74, 6) is 0.594. The lowest BCUT2D eigenvalue weighted by Crippen LogP contribution is -2.44. The van der Waals surface area contributed by atoms with E-state index >= 15 is 0 Å². The van der Waals surface area contributed by atoms with Crippen molar-refractivity contribution >= 4 is 13.3 Å². The van der Waals surface area contributed by atoms with Crippen molar-refractivity contribution < 1.29 is 0 Å². The SMILES string of the molecule is C=C(C(C)C)[Si](C)(C)c1ccccc1. The molecule has 1 heteroatoms. The van der Waals surface area contributed by atoms with Gasteiger partial charge in [-0.25, -0.2) is 0 Å². The maximum absolute atomic E-state index is 4.26. The van der Waals surface area contributed by atoms with Crippen molar-refractivity contribution in [2.45, 2.75) is 26.9 Å². The second kappa shape index (κ2) is 4.14. The van der Waals surface area contributed by atoms with Crippen molar-refractivity contribution in [3.8, 4) is 0 Å². The lowest BCUT2D eigenvalue weighted by molar-refractivity contribution is 0.808. The Balaban J connectivity index is 3.02. The van der Waals surface area contributed by atoms with E-state index in [9.17, 15) is 0 Å². The van der Waals surface area contributed by atoms with Crippen LogP contribution >= 0.6 is 0 Å². The molecule has 76 valence electrons. The number of hydrogen-bond acceptors (Lipinski definition) is 0. The Morgan fingerprint density at radius 2 is 1.64 bits per heavy atom. The molecule has 1 aromatic carbocycles. The summed E-state index contributed by atoms with van der Waals surface area (Å²) in [6.07, 6.45) is 0.